The molecule has 1 amide bonds. The van der Waals surface area contributed by atoms with E-state index in [1.807, 2.05) is 18.2 Å². The Balaban J connectivity index is 1.85. The van der Waals surface area contributed by atoms with Crippen LogP contribution in [0, 0.1) is 5.82 Å². The van der Waals surface area contributed by atoms with Gasteiger partial charge in [0.25, 0.3) is 5.91 Å². The van der Waals surface area contributed by atoms with E-state index in [2.05, 4.69) is 10.5 Å². The van der Waals surface area contributed by atoms with Gasteiger partial charge >= 0.3 is 0 Å². The summed E-state index contributed by atoms with van der Waals surface area (Å²) in [6, 6.07) is 14.9. The van der Waals surface area contributed by atoms with Crippen molar-refractivity contribution < 1.29 is 13.9 Å². The molecule has 0 radical (unpaired) electrons. The highest BCUT2D eigenvalue weighted by Crippen LogP contribution is 2.07. The molecule has 0 aliphatic carbocycles. The summed E-state index contributed by atoms with van der Waals surface area (Å²) in [5, 5.41) is 3.95. The van der Waals surface area contributed by atoms with Crippen molar-refractivity contribution in [3.8, 4) is 5.75 Å². The average molecular weight is 286 g/mol. The Bertz CT molecular complexity index is 624. The van der Waals surface area contributed by atoms with Crippen LogP contribution in [0.15, 0.2) is 59.7 Å². The summed E-state index contributed by atoms with van der Waals surface area (Å²) in [5.41, 5.74) is 3.72. The maximum atomic E-state index is 12.8. The summed E-state index contributed by atoms with van der Waals surface area (Å²) in [4.78, 5) is 11.6. The summed E-state index contributed by atoms with van der Waals surface area (Å²) in [6.45, 7) is 1.61. The molecule has 2 aromatic carbocycles. The van der Waals surface area contributed by atoms with Gasteiger partial charge in [-0.1, -0.05) is 30.3 Å². The third-order valence-electron chi connectivity index (χ3n) is 2.72. The van der Waals surface area contributed by atoms with Crippen LogP contribution in [0.4, 0.5) is 4.39 Å². The predicted octanol–water partition coefficient (Wildman–Crippen LogP) is 2.74. The first kappa shape index (κ1) is 14.7. The Labute approximate surface area is 122 Å². The maximum Gasteiger partial charge on any atom is 0.277 e. The van der Waals surface area contributed by atoms with E-state index in [1.165, 1.54) is 12.1 Å². The number of halogens is 1. The van der Waals surface area contributed by atoms with E-state index in [4.69, 9.17) is 4.74 Å². The van der Waals surface area contributed by atoms with Gasteiger partial charge in [0, 0.05) is 0 Å². The quantitative estimate of drug-likeness (QED) is 0.678. The highest BCUT2D eigenvalue weighted by atomic mass is 19.1. The van der Waals surface area contributed by atoms with E-state index >= 15 is 0 Å². The Morgan fingerprint density at radius 3 is 2.48 bits per heavy atom. The van der Waals surface area contributed by atoms with Crippen molar-refractivity contribution >= 4 is 11.6 Å². The second kappa shape index (κ2) is 7.19. The topological polar surface area (TPSA) is 50.7 Å². The Kier molecular flexibility index (Phi) is 5.04. The number of hydrogen-bond acceptors (Lipinski definition) is 3. The lowest BCUT2D eigenvalue weighted by atomic mass is 10.1. The molecule has 0 bridgehead atoms. The van der Waals surface area contributed by atoms with Crippen LogP contribution in [-0.4, -0.2) is 18.2 Å². The number of nitrogens with one attached hydrogen (secondary N) is 1. The third-order valence-corrected chi connectivity index (χ3v) is 2.72. The largest absolute Gasteiger partial charge is 0.484 e. The third kappa shape index (κ3) is 4.72. The number of hydrazone groups is 1. The molecule has 1 N–H and O–H groups in total. The Morgan fingerprint density at radius 1 is 1.14 bits per heavy atom. The lowest BCUT2D eigenvalue weighted by Gasteiger charge is -2.05. The van der Waals surface area contributed by atoms with Gasteiger partial charge in [-0.05, 0) is 36.8 Å². The molecule has 0 atom stereocenters. The van der Waals surface area contributed by atoms with E-state index in [-0.39, 0.29) is 18.3 Å². The monoisotopic (exact) mass is 286 g/mol. The Hall–Kier alpha value is -2.69. The maximum absolute atomic E-state index is 12.8. The normalized spacial score (nSPS) is 11.0. The summed E-state index contributed by atoms with van der Waals surface area (Å²) < 4.78 is 18.1. The van der Waals surface area contributed by atoms with Crippen LogP contribution in [0.3, 0.4) is 0 Å². The van der Waals surface area contributed by atoms with E-state index in [0.29, 0.717) is 11.5 Å². The molecular formula is C16H15FN2O2. The second-order valence-corrected chi connectivity index (χ2v) is 4.34. The van der Waals surface area contributed by atoms with Gasteiger partial charge in [-0.15, -0.1) is 0 Å². The van der Waals surface area contributed by atoms with Crippen molar-refractivity contribution in [3.63, 3.8) is 0 Å². The lowest BCUT2D eigenvalue weighted by molar-refractivity contribution is -0.123. The van der Waals surface area contributed by atoms with Gasteiger partial charge in [0.05, 0.1) is 5.71 Å². The number of carbonyl (C=O) groups is 1. The zero-order valence-corrected chi connectivity index (χ0v) is 11.5. The number of carbonyl (C=O) groups excluding carboxylic acids is 1. The average Bonchev–Trinajstić information content (AvgIpc) is 2.52. The lowest BCUT2D eigenvalue weighted by Crippen LogP contribution is -2.25. The molecule has 0 spiro atoms. The molecular weight excluding hydrogens is 271 g/mol. The van der Waals surface area contributed by atoms with Crippen LogP contribution >= 0.6 is 0 Å². The molecule has 108 valence electrons. The fraction of sp³-hybridized carbons (Fsp3) is 0.125. The van der Waals surface area contributed by atoms with Crippen LogP contribution in [-0.2, 0) is 4.79 Å². The van der Waals surface area contributed by atoms with Crippen LogP contribution in [0.5, 0.6) is 5.75 Å². The molecule has 0 aliphatic heterocycles. The number of nitrogens with zero attached hydrogens (tertiary/aromatic N) is 1. The molecule has 0 saturated carbocycles. The van der Waals surface area contributed by atoms with Gasteiger partial charge in [-0.3, -0.25) is 4.79 Å². The molecule has 0 aromatic heterocycles. The number of para-hydroxylation sites is 1. The highest BCUT2D eigenvalue weighted by molar-refractivity contribution is 5.99. The SMILES string of the molecule is CC(=NNC(=O)COc1ccccc1)c1ccc(F)cc1. The molecule has 0 fully saturated rings. The molecule has 0 aliphatic rings. The molecule has 0 heterocycles. The number of hydrogen-bond donors (Lipinski definition) is 1. The van der Waals surface area contributed by atoms with Crippen molar-refractivity contribution in [1.82, 2.24) is 5.43 Å². The van der Waals surface area contributed by atoms with E-state index in [0.717, 1.165) is 5.56 Å². The first-order chi connectivity index (χ1) is 10.1. The number of benzene rings is 2. The minimum absolute atomic E-state index is 0.121. The van der Waals surface area contributed by atoms with E-state index in [1.54, 1.807) is 31.2 Å². The van der Waals surface area contributed by atoms with Crippen LogP contribution in [0.2, 0.25) is 0 Å². The van der Waals surface area contributed by atoms with Crippen molar-refractivity contribution in [2.45, 2.75) is 6.92 Å². The van der Waals surface area contributed by atoms with Gasteiger partial charge in [0.2, 0.25) is 0 Å². The fourth-order valence-electron chi connectivity index (χ4n) is 1.60. The molecule has 0 unspecified atom stereocenters. The smallest absolute Gasteiger partial charge is 0.277 e. The van der Waals surface area contributed by atoms with E-state index < -0.39 is 0 Å². The van der Waals surface area contributed by atoms with Gasteiger partial charge < -0.3 is 4.74 Å². The molecule has 2 rings (SSSR count). The first-order valence-corrected chi connectivity index (χ1v) is 6.42. The number of amides is 1. The molecule has 0 saturated heterocycles. The van der Waals surface area contributed by atoms with Crippen LogP contribution < -0.4 is 10.2 Å². The molecule has 5 heteroatoms. The van der Waals surface area contributed by atoms with Gasteiger partial charge in [-0.25, -0.2) is 9.82 Å². The summed E-state index contributed by atoms with van der Waals surface area (Å²) in [6.07, 6.45) is 0. The van der Waals surface area contributed by atoms with Crippen molar-refractivity contribution in [2.24, 2.45) is 5.10 Å². The van der Waals surface area contributed by atoms with Gasteiger partial charge in [0.15, 0.2) is 6.61 Å². The molecule has 21 heavy (non-hydrogen) atoms. The number of rotatable bonds is 5. The Morgan fingerprint density at radius 2 is 1.81 bits per heavy atom. The van der Waals surface area contributed by atoms with Crippen LogP contribution in [0.1, 0.15) is 12.5 Å². The summed E-state index contributed by atoms with van der Waals surface area (Å²) in [7, 11) is 0. The predicted molar refractivity (Wildman–Crippen MR) is 78.7 cm³/mol. The summed E-state index contributed by atoms with van der Waals surface area (Å²) in [5.74, 6) is -0.0564. The zero-order chi connectivity index (χ0) is 15.1. The zero-order valence-electron chi connectivity index (χ0n) is 11.5. The van der Waals surface area contributed by atoms with Crippen molar-refractivity contribution in [3.05, 3.63) is 66.0 Å². The molecule has 4 nitrogen and oxygen atoms in total. The van der Waals surface area contributed by atoms with Gasteiger partial charge in [-0.2, -0.15) is 5.10 Å². The second-order valence-electron chi connectivity index (χ2n) is 4.34. The van der Waals surface area contributed by atoms with Crippen molar-refractivity contribution in [2.75, 3.05) is 6.61 Å². The molecule has 2 aromatic rings. The minimum atomic E-state index is -0.361. The fourth-order valence-corrected chi connectivity index (χ4v) is 1.60. The highest BCUT2D eigenvalue weighted by Gasteiger charge is 2.03. The minimum Gasteiger partial charge on any atom is -0.484 e. The van der Waals surface area contributed by atoms with E-state index in [9.17, 15) is 9.18 Å². The standard InChI is InChI=1S/C16H15FN2O2/c1-12(13-7-9-14(17)10-8-13)18-19-16(20)11-21-15-5-3-2-4-6-15/h2-10H,11H2,1H3,(H,19,20). The van der Waals surface area contributed by atoms with Crippen LogP contribution in [0.25, 0.3) is 0 Å². The summed E-state index contributed by atoms with van der Waals surface area (Å²) >= 11 is 0. The van der Waals surface area contributed by atoms with Crippen molar-refractivity contribution in [1.29, 1.82) is 0 Å². The van der Waals surface area contributed by atoms with Gasteiger partial charge in [0.1, 0.15) is 11.6 Å². The number of ether oxygens (including phenoxy) is 1. The first-order valence-electron chi connectivity index (χ1n) is 6.42.